The van der Waals surface area contributed by atoms with Crippen LogP contribution in [0.1, 0.15) is 40.5 Å². The summed E-state index contributed by atoms with van der Waals surface area (Å²) in [7, 11) is 3.99. The smallest absolute Gasteiger partial charge is 0.0675 e. The first-order chi connectivity index (χ1) is 7.70. The van der Waals surface area contributed by atoms with E-state index in [1.165, 1.54) is 24.3 Å². The summed E-state index contributed by atoms with van der Waals surface area (Å²) < 4.78 is 5.42. The molecule has 0 radical (unpaired) electrons. The number of nitrogens with one attached hydrogen (secondary N) is 1. The Kier molecular flexibility index (Phi) is 12.6. The third-order valence-electron chi connectivity index (χ3n) is 1.99. The second-order valence-electron chi connectivity index (χ2n) is 4.06. The molecule has 1 saturated heterocycles. The van der Waals surface area contributed by atoms with E-state index in [9.17, 15) is 0 Å². The van der Waals surface area contributed by atoms with Crippen LogP contribution in [0.25, 0.3) is 0 Å². The molecule has 0 aromatic heterocycles. The van der Waals surface area contributed by atoms with E-state index >= 15 is 0 Å². The molecule has 1 aliphatic heterocycles. The van der Waals surface area contributed by atoms with Gasteiger partial charge in [-0.25, -0.2) is 0 Å². The van der Waals surface area contributed by atoms with Gasteiger partial charge in [-0.1, -0.05) is 35.4 Å². The molecule has 0 bridgehead atoms. The van der Waals surface area contributed by atoms with E-state index in [1.807, 2.05) is 21.6 Å². The summed E-state index contributed by atoms with van der Waals surface area (Å²) in [5.41, 5.74) is 0. The number of morpholine rings is 1. The third kappa shape index (κ3) is 11.1. The molecule has 1 N–H and O–H groups in total. The molecule has 1 rings (SSSR count). The van der Waals surface area contributed by atoms with Crippen molar-refractivity contribution >= 4 is 21.6 Å². The maximum atomic E-state index is 5.42. The van der Waals surface area contributed by atoms with Crippen molar-refractivity contribution in [2.75, 3.05) is 24.6 Å². The van der Waals surface area contributed by atoms with Gasteiger partial charge in [0.15, 0.2) is 0 Å². The summed E-state index contributed by atoms with van der Waals surface area (Å²) in [5, 5.41) is 3.26. The Morgan fingerprint density at radius 2 is 1.44 bits per heavy atom. The fourth-order valence-corrected chi connectivity index (χ4v) is 3.54. The van der Waals surface area contributed by atoms with Crippen molar-refractivity contribution in [2.24, 2.45) is 0 Å². The standard InChI is InChI=1S/C6H13NO.C6H14S2/c1-5-3-7-4-6(2)8-5;1-3-5-7-8-6-4-2/h5-7H,3-4H2,1-2H3;3-6H2,1-2H3. The lowest BCUT2D eigenvalue weighted by Gasteiger charge is -2.25. The molecular formula is C12H27NOS2. The molecule has 2 nitrogen and oxygen atoms in total. The molecule has 0 amide bonds. The van der Waals surface area contributed by atoms with E-state index in [0.717, 1.165) is 13.1 Å². The van der Waals surface area contributed by atoms with E-state index in [0.29, 0.717) is 12.2 Å². The lowest BCUT2D eigenvalue weighted by Crippen LogP contribution is -2.41. The van der Waals surface area contributed by atoms with Gasteiger partial charge in [0.05, 0.1) is 12.2 Å². The van der Waals surface area contributed by atoms with Crippen LogP contribution in [0, 0.1) is 0 Å². The monoisotopic (exact) mass is 265 g/mol. The predicted molar refractivity (Wildman–Crippen MR) is 78.4 cm³/mol. The fourth-order valence-electron chi connectivity index (χ4n) is 1.27. The van der Waals surface area contributed by atoms with Gasteiger partial charge in [0.2, 0.25) is 0 Å². The van der Waals surface area contributed by atoms with Crippen molar-refractivity contribution in [1.29, 1.82) is 0 Å². The zero-order valence-corrected chi connectivity index (χ0v) is 12.8. The topological polar surface area (TPSA) is 21.3 Å². The van der Waals surface area contributed by atoms with Crippen molar-refractivity contribution < 1.29 is 4.74 Å². The Bertz CT molecular complexity index is 133. The SMILES string of the molecule is CC1CNCC(C)O1.CCCSSCCC. The van der Waals surface area contributed by atoms with Gasteiger partial charge in [0.25, 0.3) is 0 Å². The molecule has 98 valence electrons. The predicted octanol–water partition coefficient (Wildman–Crippen LogP) is 3.57. The van der Waals surface area contributed by atoms with Gasteiger partial charge in [-0.15, -0.1) is 0 Å². The summed E-state index contributed by atoms with van der Waals surface area (Å²) >= 11 is 0. The molecule has 1 aliphatic rings. The Morgan fingerprint density at radius 1 is 1.00 bits per heavy atom. The molecule has 0 aromatic rings. The van der Waals surface area contributed by atoms with Crippen LogP contribution in [0.4, 0.5) is 0 Å². The summed E-state index contributed by atoms with van der Waals surface area (Å²) in [5.74, 6) is 2.62. The second kappa shape index (κ2) is 12.1. The largest absolute Gasteiger partial charge is 0.373 e. The first-order valence-corrected chi connectivity index (χ1v) is 8.80. The van der Waals surface area contributed by atoms with E-state index in [2.05, 4.69) is 33.0 Å². The summed E-state index contributed by atoms with van der Waals surface area (Å²) in [6.45, 7) is 10.6. The molecule has 0 aromatic carbocycles. The highest BCUT2D eigenvalue weighted by Crippen LogP contribution is 2.21. The summed E-state index contributed by atoms with van der Waals surface area (Å²) in [4.78, 5) is 0. The Labute approximate surface area is 109 Å². The maximum absolute atomic E-state index is 5.42. The number of ether oxygens (including phenoxy) is 1. The first-order valence-electron chi connectivity index (χ1n) is 6.31. The molecule has 0 spiro atoms. The lowest BCUT2D eigenvalue weighted by atomic mass is 10.3. The van der Waals surface area contributed by atoms with Crippen molar-refractivity contribution in [3.63, 3.8) is 0 Å². The summed E-state index contributed by atoms with van der Waals surface area (Å²) in [6.07, 6.45) is 3.42. The molecular weight excluding hydrogens is 238 g/mol. The van der Waals surface area contributed by atoms with Gasteiger partial charge in [0.1, 0.15) is 0 Å². The van der Waals surface area contributed by atoms with Crippen molar-refractivity contribution in [1.82, 2.24) is 5.32 Å². The second-order valence-corrected chi connectivity index (χ2v) is 6.76. The van der Waals surface area contributed by atoms with Crippen molar-refractivity contribution in [2.45, 2.75) is 52.7 Å². The van der Waals surface area contributed by atoms with Gasteiger partial charge >= 0.3 is 0 Å². The highest BCUT2D eigenvalue weighted by atomic mass is 33.1. The number of hydrogen-bond acceptors (Lipinski definition) is 4. The Hall–Kier alpha value is 0.620. The normalized spacial score (nSPS) is 24.8. The molecule has 1 heterocycles. The van der Waals surface area contributed by atoms with Crippen LogP contribution in [0.15, 0.2) is 0 Å². The van der Waals surface area contributed by atoms with Gasteiger partial charge in [-0.2, -0.15) is 0 Å². The van der Waals surface area contributed by atoms with Gasteiger partial charge in [-0.3, -0.25) is 0 Å². The molecule has 0 saturated carbocycles. The molecule has 2 unspecified atom stereocenters. The van der Waals surface area contributed by atoms with Crippen molar-refractivity contribution in [3.05, 3.63) is 0 Å². The Morgan fingerprint density at radius 3 is 1.69 bits per heavy atom. The molecule has 16 heavy (non-hydrogen) atoms. The zero-order valence-electron chi connectivity index (χ0n) is 11.1. The number of rotatable bonds is 5. The van der Waals surface area contributed by atoms with Gasteiger partial charge in [0, 0.05) is 24.6 Å². The van der Waals surface area contributed by atoms with E-state index in [4.69, 9.17) is 4.74 Å². The van der Waals surface area contributed by atoms with E-state index in [-0.39, 0.29) is 0 Å². The van der Waals surface area contributed by atoms with Gasteiger partial charge < -0.3 is 10.1 Å². The fraction of sp³-hybridized carbons (Fsp3) is 1.00. The van der Waals surface area contributed by atoms with E-state index in [1.54, 1.807) is 0 Å². The molecule has 1 fully saturated rings. The van der Waals surface area contributed by atoms with Crippen LogP contribution >= 0.6 is 21.6 Å². The Balaban J connectivity index is 0.000000281. The van der Waals surface area contributed by atoms with E-state index < -0.39 is 0 Å². The van der Waals surface area contributed by atoms with Crippen LogP contribution < -0.4 is 5.32 Å². The number of hydrogen-bond donors (Lipinski definition) is 1. The maximum Gasteiger partial charge on any atom is 0.0675 e. The molecule has 2 atom stereocenters. The van der Waals surface area contributed by atoms with Crippen LogP contribution in [0.2, 0.25) is 0 Å². The zero-order chi connectivity index (χ0) is 12.2. The molecule has 4 heteroatoms. The van der Waals surface area contributed by atoms with Crippen LogP contribution in [-0.2, 0) is 4.74 Å². The quantitative estimate of drug-likeness (QED) is 0.606. The summed E-state index contributed by atoms with van der Waals surface area (Å²) in [6, 6.07) is 0. The minimum atomic E-state index is 0.402. The highest BCUT2D eigenvalue weighted by Gasteiger charge is 2.12. The average molecular weight is 265 g/mol. The van der Waals surface area contributed by atoms with Crippen molar-refractivity contribution in [3.8, 4) is 0 Å². The van der Waals surface area contributed by atoms with Gasteiger partial charge in [-0.05, 0) is 26.7 Å². The minimum Gasteiger partial charge on any atom is -0.373 e. The highest BCUT2D eigenvalue weighted by molar-refractivity contribution is 8.76. The van der Waals surface area contributed by atoms with Crippen LogP contribution in [-0.4, -0.2) is 36.8 Å². The van der Waals surface area contributed by atoms with Crippen LogP contribution in [0.5, 0.6) is 0 Å². The van der Waals surface area contributed by atoms with Crippen LogP contribution in [0.3, 0.4) is 0 Å². The average Bonchev–Trinajstić information content (AvgIpc) is 2.25. The first kappa shape index (κ1) is 16.6. The molecule has 0 aliphatic carbocycles. The minimum absolute atomic E-state index is 0.402. The lowest BCUT2D eigenvalue weighted by molar-refractivity contribution is -0.0166. The third-order valence-corrected chi connectivity index (χ3v) is 4.80.